The van der Waals surface area contributed by atoms with Crippen LogP contribution in [0.5, 0.6) is 0 Å². The Morgan fingerprint density at radius 3 is 2.26 bits per heavy atom. The van der Waals surface area contributed by atoms with Crippen molar-refractivity contribution in [1.82, 2.24) is 5.32 Å². The molecule has 2 aromatic carbocycles. The highest BCUT2D eigenvalue weighted by molar-refractivity contribution is 9.10. The van der Waals surface area contributed by atoms with E-state index >= 15 is 0 Å². The highest BCUT2D eigenvalue weighted by Crippen LogP contribution is 2.23. The van der Waals surface area contributed by atoms with Crippen LogP contribution in [0.2, 0.25) is 0 Å². The molecule has 0 unspecified atom stereocenters. The quantitative estimate of drug-likeness (QED) is 0.611. The van der Waals surface area contributed by atoms with E-state index in [2.05, 4.69) is 21.2 Å². The maximum absolute atomic E-state index is 12.8. The highest BCUT2D eigenvalue weighted by Gasteiger charge is 2.04. The lowest BCUT2D eigenvalue weighted by molar-refractivity contribution is 0.493. The van der Waals surface area contributed by atoms with Crippen LogP contribution >= 0.6 is 28.3 Å². The summed E-state index contributed by atoms with van der Waals surface area (Å²) in [6.07, 6.45) is 0. The molecule has 0 bridgehead atoms. The topological polar surface area (TPSA) is 25.2 Å². The number of nitrogens with one attached hydrogen (secondary N) is 1. The van der Waals surface area contributed by atoms with Gasteiger partial charge >= 0.3 is 0 Å². The summed E-state index contributed by atoms with van der Waals surface area (Å²) in [6.45, 7) is 1.31. The van der Waals surface area contributed by atoms with E-state index in [4.69, 9.17) is 4.42 Å². The first-order chi connectivity index (χ1) is 10.7. The molecule has 3 aromatic rings. The molecule has 1 heterocycles. The van der Waals surface area contributed by atoms with E-state index in [0.29, 0.717) is 13.1 Å². The molecule has 2 nitrogen and oxygen atoms in total. The third kappa shape index (κ3) is 4.93. The van der Waals surface area contributed by atoms with Crippen LogP contribution in [-0.4, -0.2) is 0 Å². The lowest BCUT2D eigenvalue weighted by atomic mass is 10.2. The molecule has 0 saturated heterocycles. The summed E-state index contributed by atoms with van der Waals surface area (Å²) in [5.74, 6) is 1.51. The standard InChI is InChI=1S/C18H15BrFNO.ClH/c19-15-5-3-14(4-6-15)18-10-9-17(22-18)12-21-11-13-1-7-16(20)8-2-13;/h1-10,21H,11-12H2;1H. The summed E-state index contributed by atoms with van der Waals surface area (Å²) in [4.78, 5) is 0. The normalized spacial score (nSPS) is 10.3. The minimum Gasteiger partial charge on any atom is -0.460 e. The average Bonchev–Trinajstić information content (AvgIpc) is 2.99. The largest absolute Gasteiger partial charge is 0.460 e. The van der Waals surface area contributed by atoms with E-state index in [1.165, 1.54) is 12.1 Å². The van der Waals surface area contributed by atoms with Crippen molar-refractivity contribution in [2.45, 2.75) is 13.1 Å². The van der Waals surface area contributed by atoms with Gasteiger partial charge in [0.15, 0.2) is 0 Å². The molecule has 0 fully saturated rings. The summed E-state index contributed by atoms with van der Waals surface area (Å²) >= 11 is 3.42. The Bertz CT molecular complexity index is 740. The monoisotopic (exact) mass is 395 g/mol. The molecule has 1 N–H and O–H groups in total. The van der Waals surface area contributed by atoms with Gasteiger partial charge in [-0.15, -0.1) is 12.4 Å². The van der Waals surface area contributed by atoms with Gasteiger partial charge in [0, 0.05) is 16.6 Å². The van der Waals surface area contributed by atoms with Crippen LogP contribution in [-0.2, 0) is 13.1 Å². The van der Waals surface area contributed by atoms with E-state index in [1.807, 2.05) is 36.4 Å². The van der Waals surface area contributed by atoms with Crippen molar-refractivity contribution < 1.29 is 8.81 Å². The van der Waals surface area contributed by atoms with Crippen molar-refractivity contribution in [3.05, 3.63) is 82.3 Å². The average molecular weight is 397 g/mol. The molecule has 0 spiro atoms. The summed E-state index contributed by atoms with van der Waals surface area (Å²) in [5.41, 5.74) is 2.09. The Morgan fingerprint density at radius 1 is 0.870 bits per heavy atom. The minimum absolute atomic E-state index is 0. The Morgan fingerprint density at radius 2 is 1.57 bits per heavy atom. The number of hydrogen-bond acceptors (Lipinski definition) is 2. The van der Waals surface area contributed by atoms with Gasteiger partial charge in [-0.25, -0.2) is 4.39 Å². The SMILES string of the molecule is Cl.Fc1ccc(CNCc2ccc(-c3ccc(Br)cc3)o2)cc1. The Balaban J connectivity index is 0.00000192. The fraction of sp³-hybridized carbons (Fsp3) is 0.111. The smallest absolute Gasteiger partial charge is 0.134 e. The van der Waals surface area contributed by atoms with Crippen LogP contribution in [0.15, 0.2) is 69.6 Å². The predicted molar refractivity (Wildman–Crippen MR) is 96.0 cm³/mol. The number of halogens is 3. The lowest BCUT2D eigenvalue weighted by Crippen LogP contribution is -2.11. The summed E-state index contributed by atoms with van der Waals surface area (Å²) in [5, 5.41) is 3.29. The van der Waals surface area contributed by atoms with Crippen molar-refractivity contribution in [3.8, 4) is 11.3 Å². The summed E-state index contributed by atoms with van der Waals surface area (Å²) < 4.78 is 19.7. The molecule has 0 radical (unpaired) electrons. The van der Waals surface area contributed by atoms with Crippen LogP contribution in [0.3, 0.4) is 0 Å². The maximum atomic E-state index is 12.8. The van der Waals surface area contributed by atoms with E-state index in [-0.39, 0.29) is 18.2 Å². The van der Waals surface area contributed by atoms with Gasteiger partial charge in [0.25, 0.3) is 0 Å². The first-order valence-corrected chi connectivity index (χ1v) is 7.80. The molecule has 120 valence electrons. The minimum atomic E-state index is -0.214. The van der Waals surface area contributed by atoms with Gasteiger partial charge in [0.1, 0.15) is 17.3 Å². The molecule has 0 aliphatic carbocycles. The maximum Gasteiger partial charge on any atom is 0.134 e. The highest BCUT2D eigenvalue weighted by atomic mass is 79.9. The first-order valence-electron chi connectivity index (χ1n) is 7.00. The lowest BCUT2D eigenvalue weighted by Gasteiger charge is -2.03. The summed E-state index contributed by atoms with van der Waals surface area (Å²) in [7, 11) is 0. The fourth-order valence-electron chi connectivity index (χ4n) is 2.17. The Hall–Kier alpha value is -1.62. The predicted octanol–water partition coefficient (Wildman–Crippen LogP) is 5.56. The van der Waals surface area contributed by atoms with Crippen LogP contribution in [0.25, 0.3) is 11.3 Å². The van der Waals surface area contributed by atoms with Gasteiger partial charge in [-0.05, 0) is 42.0 Å². The molecule has 0 atom stereocenters. The molecule has 0 aliphatic heterocycles. The van der Waals surface area contributed by atoms with Crippen LogP contribution in [0, 0.1) is 5.82 Å². The summed E-state index contributed by atoms with van der Waals surface area (Å²) in [6, 6.07) is 18.4. The van der Waals surface area contributed by atoms with Crippen LogP contribution < -0.4 is 5.32 Å². The number of rotatable bonds is 5. The van der Waals surface area contributed by atoms with Crippen LogP contribution in [0.1, 0.15) is 11.3 Å². The molecule has 0 amide bonds. The zero-order valence-electron chi connectivity index (χ0n) is 12.3. The van der Waals surface area contributed by atoms with Gasteiger partial charge in [0.05, 0.1) is 6.54 Å². The zero-order chi connectivity index (χ0) is 15.4. The Kier molecular flexibility index (Phi) is 6.39. The third-order valence-corrected chi connectivity index (χ3v) is 3.86. The van der Waals surface area contributed by atoms with Crippen molar-refractivity contribution >= 4 is 28.3 Å². The molecular weight excluding hydrogens is 381 g/mol. The zero-order valence-corrected chi connectivity index (χ0v) is 14.7. The number of furan rings is 1. The number of hydrogen-bond donors (Lipinski definition) is 1. The van der Waals surface area contributed by atoms with E-state index < -0.39 is 0 Å². The van der Waals surface area contributed by atoms with E-state index in [0.717, 1.165) is 27.1 Å². The Labute approximate surface area is 149 Å². The van der Waals surface area contributed by atoms with Gasteiger partial charge < -0.3 is 9.73 Å². The van der Waals surface area contributed by atoms with Crippen molar-refractivity contribution in [3.63, 3.8) is 0 Å². The molecule has 5 heteroatoms. The van der Waals surface area contributed by atoms with Gasteiger partial charge in [0.2, 0.25) is 0 Å². The molecule has 0 aliphatic rings. The van der Waals surface area contributed by atoms with E-state index in [1.54, 1.807) is 12.1 Å². The van der Waals surface area contributed by atoms with Crippen molar-refractivity contribution in [2.75, 3.05) is 0 Å². The van der Waals surface area contributed by atoms with Crippen molar-refractivity contribution in [1.29, 1.82) is 0 Å². The first kappa shape index (κ1) is 17.7. The molecule has 23 heavy (non-hydrogen) atoms. The number of benzene rings is 2. The molecule has 0 saturated carbocycles. The second-order valence-electron chi connectivity index (χ2n) is 5.00. The van der Waals surface area contributed by atoms with Gasteiger partial charge in [-0.2, -0.15) is 0 Å². The molecular formula is C18H16BrClFNO. The van der Waals surface area contributed by atoms with Crippen LogP contribution in [0.4, 0.5) is 4.39 Å². The van der Waals surface area contributed by atoms with Gasteiger partial charge in [-0.3, -0.25) is 0 Å². The third-order valence-electron chi connectivity index (χ3n) is 3.33. The second-order valence-corrected chi connectivity index (χ2v) is 5.92. The van der Waals surface area contributed by atoms with E-state index in [9.17, 15) is 4.39 Å². The van der Waals surface area contributed by atoms with Crippen molar-refractivity contribution in [2.24, 2.45) is 0 Å². The second kappa shape index (κ2) is 8.29. The molecule has 1 aromatic heterocycles. The van der Waals surface area contributed by atoms with Gasteiger partial charge in [-0.1, -0.05) is 40.2 Å². The molecule has 3 rings (SSSR count). The fourth-order valence-corrected chi connectivity index (χ4v) is 2.44.